The lowest BCUT2D eigenvalue weighted by molar-refractivity contribution is -0.136. The Kier molecular flexibility index (Phi) is 5.67. The maximum absolute atomic E-state index is 12.6. The predicted octanol–water partition coefficient (Wildman–Crippen LogP) is 1.24. The van der Waals surface area contributed by atoms with Gasteiger partial charge in [-0.2, -0.15) is 0 Å². The van der Waals surface area contributed by atoms with Crippen molar-refractivity contribution in [2.75, 3.05) is 49.6 Å². The minimum Gasteiger partial charge on any atom is -0.468 e. The fraction of sp³-hybridized carbons (Fsp3) is 0.435. The molecule has 9 heteroatoms. The molecule has 168 valence electrons. The lowest BCUT2D eigenvalue weighted by Gasteiger charge is -2.33. The van der Waals surface area contributed by atoms with Crippen molar-refractivity contribution >= 4 is 29.1 Å². The van der Waals surface area contributed by atoms with Gasteiger partial charge in [-0.05, 0) is 48.2 Å². The molecule has 3 aliphatic heterocycles. The Balaban J connectivity index is 1.23. The highest BCUT2D eigenvalue weighted by Crippen LogP contribution is 2.38. The van der Waals surface area contributed by atoms with Crippen LogP contribution in [0.25, 0.3) is 0 Å². The molecule has 3 amide bonds. The van der Waals surface area contributed by atoms with Gasteiger partial charge in [-0.1, -0.05) is 0 Å². The number of hydrogen-bond acceptors (Lipinski definition) is 6. The summed E-state index contributed by atoms with van der Waals surface area (Å²) in [6.45, 7) is 3.63. The zero-order valence-electron chi connectivity index (χ0n) is 17.8. The highest BCUT2D eigenvalue weighted by atomic mass is 16.5. The zero-order chi connectivity index (χ0) is 22.1. The molecular formula is C23H26N4O5. The SMILES string of the molecule is O=C(NCC(c1ccco1)N1CCOCC1)C(=O)Nc1cc2c3c(c1)CCN3C(=O)CC2. The fourth-order valence-corrected chi connectivity index (χ4v) is 4.77. The van der Waals surface area contributed by atoms with Crippen LogP contribution in [-0.4, -0.2) is 62.0 Å². The highest BCUT2D eigenvalue weighted by Gasteiger charge is 2.32. The van der Waals surface area contributed by atoms with E-state index in [1.54, 1.807) is 6.26 Å². The Hall–Kier alpha value is -3.17. The molecule has 0 aliphatic carbocycles. The Morgan fingerprint density at radius 1 is 1.03 bits per heavy atom. The first-order valence-corrected chi connectivity index (χ1v) is 11.0. The van der Waals surface area contributed by atoms with Gasteiger partial charge in [0.1, 0.15) is 5.76 Å². The van der Waals surface area contributed by atoms with E-state index < -0.39 is 11.8 Å². The van der Waals surface area contributed by atoms with Crippen molar-refractivity contribution in [1.29, 1.82) is 0 Å². The molecule has 0 bridgehead atoms. The number of amides is 3. The van der Waals surface area contributed by atoms with Crippen molar-refractivity contribution in [2.24, 2.45) is 0 Å². The van der Waals surface area contributed by atoms with Crippen LogP contribution in [0.4, 0.5) is 11.4 Å². The van der Waals surface area contributed by atoms with Crippen molar-refractivity contribution in [3.8, 4) is 0 Å². The number of furan rings is 1. The lowest BCUT2D eigenvalue weighted by Crippen LogP contribution is -2.45. The molecule has 9 nitrogen and oxygen atoms in total. The number of rotatable bonds is 5. The molecule has 4 heterocycles. The van der Waals surface area contributed by atoms with Gasteiger partial charge in [-0.3, -0.25) is 19.3 Å². The number of hydrogen-bond donors (Lipinski definition) is 2. The van der Waals surface area contributed by atoms with E-state index in [1.807, 2.05) is 29.2 Å². The van der Waals surface area contributed by atoms with Crippen LogP contribution in [0, 0.1) is 0 Å². The monoisotopic (exact) mass is 438 g/mol. The number of aryl methyl sites for hydroxylation is 1. The summed E-state index contributed by atoms with van der Waals surface area (Å²) < 4.78 is 11.0. The number of morpholine rings is 1. The molecule has 0 radical (unpaired) electrons. The molecule has 1 fully saturated rings. The molecule has 0 saturated carbocycles. The van der Waals surface area contributed by atoms with E-state index in [9.17, 15) is 14.4 Å². The van der Waals surface area contributed by atoms with Gasteiger partial charge in [-0.15, -0.1) is 0 Å². The Morgan fingerprint density at radius 2 is 1.81 bits per heavy atom. The van der Waals surface area contributed by atoms with E-state index in [4.69, 9.17) is 9.15 Å². The van der Waals surface area contributed by atoms with Gasteiger partial charge in [0.2, 0.25) is 5.91 Å². The molecule has 1 atom stereocenters. The number of carbonyl (C=O) groups excluding carboxylic acids is 3. The predicted molar refractivity (Wildman–Crippen MR) is 116 cm³/mol. The summed E-state index contributed by atoms with van der Waals surface area (Å²) >= 11 is 0. The van der Waals surface area contributed by atoms with Crippen molar-refractivity contribution in [3.05, 3.63) is 47.4 Å². The molecule has 5 rings (SSSR count). The standard InChI is InChI=1S/C23H26N4O5/c28-20-4-3-15-12-17(13-16-5-6-27(20)21(15)16)25-23(30)22(29)24-14-18(19-2-1-9-32-19)26-7-10-31-11-8-26/h1-2,9,12-13,18H,3-8,10-11,14H2,(H,24,29)(H,25,30). The van der Waals surface area contributed by atoms with E-state index in [0.29, 0.717) is 38.3 Å². The molecule has 1 saturated heterocycles. The van der Waals surface area contributed by atoms with Gasteiger partial charge in [-0.25, -0.2) is 0 Å². The van der Waals surface area contributed by atoms with E-state index in [2.05, 4.69) is 15.5 Å². The zero-order valence-corrected chi connectivity index (χ0v) is 17.8. The molecule has 1 unspecified atom stereocenters. The summed E-state index contributed by atoms with van der Waals surface area (Å²) in [6, 6.07) is 7.25. The van der Waals surface area contributed by atoms with Crippen LogP contribution in [-0.2, 0) is 32.0 Å². The second kappa shape index (κ2) is 8.76. The van der Waals surface area contributed by atoms with Gasteiger partial charge in [0.05, 0.1) is 31.2 Å². The van der Waals surface area contributed by atoms with Crippen LogP contribution in [0.5, 0.6) is 0 Å². The molecule has 1 aromatic carbocycles. The molecule has 2 N–H and O–H groups in total. The fourth-order valence-electron chi connectivity index (χ4n) is 4.77. The minimum atomic E-state index is -0.709. The first kappa shape index (κ1) is 20.7. The van der Waals surface area contributed by atoms with Crippen LogP contribution in [0.2, 0.25) is 0 Å². The number of benzene rings is 1. The largest absolute Gasteiger partial charge is 0.468 e. The van der Waals surface area contributed by atoms with Crippen LogP contribution in [0.1, 0.15) is 29.3 Å². The first-order valence-electron chi connectivity index (χ1n) is 11.0. The van der Waals surface area contributed by atoms with Crippen molar-refractivity contribution in [2.45, 2.75) is 25.3 Å². The van der Waals surface area contributed by atoms with Crippen molar-refractivity contribution in [1.82, 2.24) is 10.2 Å². The van der Waals surface area contributed by atoms with Gasteiger partial charge >= 0.3 is 11.8 Å². The lowest BCUT2D eigenvalue weighted by atomic mass is 9.98. The summed E-state index contributed by atoms with van der Waals surface area (Å²) in [5.41, 5.74) is 3.65. The smallest absolute Gasteiger partial charge is 0.313 e. The van der Waals surface area contributed by atoms with E-state index in [0.717, 1.165) is 42.1 Å². The number of anilines is 2. The third-order valence-corrected chi connectivity index (χ3v) is 6.33. The third kappa shape index (κ3) is 4.01. The summed E-state index contributed by atoms with van der Waals surface area (Å²) in [5.74, 6) is -0.511. The Bertz CT molecular complexity index is 1030. The quantitative estimate of drug-likeness (QED) is 0.681. The maximum atomic E-state index is 12.6. The number of ether oxygens (including phenoxy) is 1. The molecular weight excluding hydrogens is 412 g/mol. The van der Waals surface area contributed by atoms with E-state index >= 15 is 0 Å². The van der Waals surface area contributed by atoms with Gasteiger partial charge in [0.15, 0.2) is 0 Å². The second-order valence-corrected chi connectivity index (χ2v) is 8.28. The average molecular weight is 438 g/mol. The minimum absolute atomic E-state index is 0.152. The van der Waals surface area contributed by atoms with Crippen LogP contribution in [0.15, 0.2) is 34.9 Å². The van der Waals surface area contributed by atoms with Crippen molar-refractivity contribution < 1.29 is 23.5 Å². The summed E-state index contributed by atoms with van der Waals surface area (Å²) in [7, 11) is 0. The van der Waals surface area contributed by atoms with E-state index in [-0.39, 0.29) is 18.5 Å². The Labute approximate surface area is 185 Å². The molecule has 32 heavy (non-hydrogen) atoms. The molecule has 0 spiro atoms. The average Bonchev–Trinajstić information content (AvgIpc) is 3.48. The highest BCUT2D eigenvalue weighted by molar-refractivity contribution is 6.39. The number of nitrogens with one attached hydrogen (secondary N) is 2. The molecule has 2 aromatic rings. The third-order valence-electron chi connectivity index (χ3n) is 6.33. The maximum Gasteiger partial charge on any atom is 0.313 e. The number of nitrogens with zero attached hydrogens (tertiary/aromatic N) is 2. The van der Waals surface area contributed by atoms with Gasteiger partial charge in [0, 0.05) is 38.3 Å². The van der Waals surface area contributed by atoms with Gasteiger partial charge in [0.25, 0.3) is 0 Å². The Morgan fingerprint density at radius 3 is 2.56 bits per heavy atom. The topological polar surface area (TPSA) is 104 Å². The summed E-state index contributed by atoms with van der Waals surface area (Å²) in [6.07, 6.45) is 3.48. The van der Waals surface area contributed by atoms with Gasteiger partial charge < -0.3 is 24.7 Å². The van der Waals surface area contributed by atoms with E-state index in [1.165, 1.54) is 0 Å². The second-order valence-electron chi connectivity index (χ2n) is 8.28. The summed E-state index contributed by atoms with van der Waals surface area (Å²) in [5, 5.41) is 5.47. The molecule has 3 aliphatic rings. The number of carbonyl (C=O) groups is 3. The van der Waals surface area contributed by atoms with Crippen LogP contribution in [0.3, 0.4) is 0 Å². The normalized spacial score (nSPS) is 18.9. The summed E-state index contributed by atoms with van der Waals surface area (Å²) in [4.78, 5) is 41.2. The van der Waals surface area contributed by atoms with Crippen molar-refractivity contribution in [3.63, 3.8) is 0 Å². The first-order chi connectivity index (χ1) is 15.6. The molecule has 1 aromatic heterocycles. The van der Waals surface area contributed by atoms with Crippen LogP contribution < -0.4 is 15.5 Å². The van der Waals surface area contributed by atoms with Crippen LogP contribution >= 0.6 is 0 Å².